The number of nitrogens with two attached hydrogens (primary N) is 1. The minimum Gasteiger partial charge on any atom is -0.391 e. The molecule has 1 aliphatic carbocycles. The zero-order valence-corrected chi connectivity index (χ0v) is 10.5. The molecule has 18 heavy (non-hydrogen) atoms. The Kier molecular flexibility index (Phi) is 3.85. The first kappa shape index (κ1) is 13.3. The van der Waals surface area contributed by atoms with Crippen molar-refractivity contribution in [3.8, 4) is 0 Å². The van der Waals surface area contributed by atoms with Crippen molar-refractivity contribution in [3.63, 3.8) is 0 Å². The number of nitro groups is 1. The third kappa shape index (κ3) is 2.48. The number of nitrogens with zero attached hydrogens (tertiary/aromatic N) is 1. The first-order valence-corrected chi connectivity index (χ1v) is 6.26. The van der Waals surface area contributed by atoms with Crippen LogP contribution in [-0.2, 0) is 0 Å². The van der Waals surface area contributed by atoms with Crippen molar-refractivity contribution in [2.24, 2.45) is 11.7 Å². The van der Waals surface area contributed by atoms with Crippen LogP contribution in [0.3, 0.4) is 0 Å². The van der Waals surface area contributed by atoms with Crippen LogP contribution < -0.4 is 5.73 Å². The fourth-order valence-electron chi connectivity index (χ4n) is 2.22. The van der Waals surface area contributed by atoms with Crippen molar-refractivity contribution in [2.45, 2.75) is 31.4 Å². The van der Waals surface area contributed by atoms with Crippen LogP contribution in [-0.4, -0.2) is 16.1 Å². The van der Waals surface area contributed by atoms with Crippen molar-refractivity contribution >= 4 is 17.3 Å². The predicted octanol–water partition coefficient (Wildman–Crippen LogP) is 2.41. The second-order valence-electron chi connectivity index (χ2n) is 4.67. The van der Waals surface area contributed by atoms with E-state index in [2.05, 4.69) is 0 Å². The minimum atomic E-state index is -0.769. The Morgan fingerprint density at radius 2 is 2.17 bits per heavy atom. The van der Waals surface area contributed by atoms with Crippen LogP contribution >= 0.6 is 11.6 Å². The summed E-state index contributed by atoms with van der Waals surface area (Å²) in [6.07, 6.45) is 2.16. The molecule has 2 rings (SSSR count). The molecule has 0 bridgehead atoms. The fourth-order valence-corrected chi connectivity index (χ4v) is 2.40. The van der Waals surface area contributed by atoms with Gasteiger partial charge in [0.1, 0.15) is 0 Å². The molecular formula is C12H15ClN2O3. The molecule has 0 heterocycles. The van der Waals surface area contributed by atoms with Crippen LogP contribution in [0.1, 0.15) is 30.9 Å². The van der Waals surface area contributed by atoms with E-state index in [1.54, 1.807) is 0 Å². The Morgan fingerprint density at radius 3 is 2.67 bits per heavy atom. The van der Waals surface area contributed by atoms with Gasteiger partial charge in [0.15, 0.2) is 0 Å². The summed E-state index contributed by atoms with van der Waals surface area (Å²) in [5.74, 6) is 0.138. The van der Waals surface area contributed by atoms with Crippen molar-refractivity contribution in [2.75, 3.05) is 0 Å². The van der Waals surface area contributed by atoms with E-state index in [0.29, 0.717) is 10.6 Å². The summed E-state index contributed by atoms with van der Waals surface area (Å²) in [5, 5.41) is 21.4. The molecule has 98 valence electrons. The van der Waals surface area contributed by atoms with E-state index in [1.165, 1.54) is 18.2 Å². The molecule has 1 aliphatic rings. The number of aliphatic hydroxyl groups is 1. The second-order valence-corrected chi connectivity index (χ2v) is 5.10. The molecule has 0 saturated heterocycles. The van der Waals surface area contributed by atoms with Crippen LogP contribution in [0, 0.1) is 16.0 Å². The molecule has 0 amide bonds. The Morgan fingerprint density at radius 1 is 1.50 bits per heavy atom. The maximum atomic E-state index is 10.9. The van der Waals surface area contributed by atoms with Gasteiger partial charge in [-0.05, 0) is 30.9 Å². The molecule has 0 spiro atoms. The lowest BCUT2D eigenvalue weighted by Crippen LogP contribution is -2.36. The minimum absolute atomic E-state index is 0.0923. The fraction of sp³-hybridized carbons (Fsp3) is 0.500. The van der Waals surface area contributed by atoms with Gasteiger partial charge in [-0.15, -0.1) is 0 Å². The molecule has 0 unspecified atom stereocenters. The quantitative estimate of drug-likeness (QED) is 0.649. The number of halogens is 1. The van der Waals surface area contributed by atoms with Crippen LogP contribution in [0.5, 0.6) is 0 Å². The van der Waals surface area contributed by atoms with Crippen LogP contribution in [0.4, 0.5) is 5.69 Å². The Balaban J connectivity index is 2.29. The lowest BCUT2D eigenvalue weighted by atomic mass is 9.77. The van der Waals surface area contributed by atoms with E-state index >= 15 is 0 Å². The molecule has 1 aromatic rings. The molecule has 1 fully saturated rings. The first-order chi connectivity index (χ1) is 8.50. The van der Waals surface area contributed by atoms with Crippen LogP contribution in [0.2, 0.25) is 5.02 Å². The Bertz CT molecular complexity index is 463. The molecule has 0 radical (unpaired) electrons. The van der Waals surface area contributed by atoms with E-state index in [4.69, 9.17) is 17.3 Å². The highest BCUT2D eigenvalue weighted by Crippen LogP contribution is 2.37. The summed E-state index contributed by atoms with van der Waals surface area (Å²) >= 11 is 5.84. The molecule has 5 nitrogen and oxygen atoms in total. The van der Waals surface area contributed by atoms with E-state index in [-0.39, 0.29) is 11.6 Å². The summed E-state index contributed by atoms with van der Waals surface area (Å²) in [7, 11) is 0. The lowest BCUT2D eigenvalue weighted by Gasteiger charge is -2.33. The van der Waals surface area contributed by atoms with Gasteiger partial charge in [0, 0.05) is 11.1 Å². The molecule has 2 atom stereocenters. The van der Waals surface area contributed by atoms with Gasteiger partial charge in [0.05, 0.1) is 22.6 Å². The predicted molar refractivity (Wildman–Crippen MR) is 68.4 cm³/mol. The SMILES string of the molecule is N[C@@H](c1cc(Cl)ccc1[N+](=O)[O-])[C@H](O)C1CCC1. The van der Waals surface area contributed by atoms with E-state index in [1.807, 2.05) is 0 Å². The van der Waals surface area contributed by atoms with Gasteiger partial charge < -0.3 is 10.8 Å². The summed E-state index contributed by atoms with van der Waals surface area (Å²) in [5.41, 5.74) is 6.15. The number of benzene rings is 1. The number of rotatable bonds is 4. The lowest BCUT2D eigenvalue weighted by molar-refractivity contribution is -0.385. The highest BCUT2D eigenvalue weighted by atomic mass is 35.5. The maximum absolute atomic E-state index is 10.9. The first-order valence-electron chi connectivity index (χ1n) is 5.88. The molecule has 0 aliphatic heterocycles. The molecule has 3 N–H and O–H groups in total. The summed E-state index contributed by atoms with van der Waals surface area (Å²) in [6.45, 7) is 0. The highest BCUT2D eigenvalue weighted by molar-refractivity contribution is 6.30. The Labute approximate surface area is 110 Å². The normalized spacial score (nSPS) is 19.1. The van der Waals surface area contributed by atoms with Crippen molar-refractivity contribution in [1.82, 2.24) is 0 Å². The van der Waals surface area contributed by atoms with Crippen LogP contribution in [0.15, 0.2) is 18.2 Å². The Hall–Kier alpha value is -1.17. The highest BCUT2D eigenvalue weighted by Gasteiger charge is 2.33. The molecular weight excluding hydrogens is 256 g/mol. The van der Waals surface area contributed by atoms with E-state index in [0.717, 1.165) is 19.3 Å². The molecule has 1 saturated carbocycles. The van der Waals surface area contributed by atoms with Gasteiger partial charge >= 0.3 is 0 Å². The van der Waals surface area contributed by atoms with Crippen LogP contribution in [0.25, 0.3) is 0 Å². The zero-order valence-electron chi connectivity index (χ0n) is 9.75. The molecule has 6 heteroatoms. The van der Waals surface area contributed by atoms with Crippen molar-refractivity contribution in [1.29, 1.82) is 0 Å². The average molecular weight is 271 g/mol. The van der Waals surface area contributed by atoms with Gasteiger partial charge in [-0.25, -0.2) is 0 Å². The smallest absolute Gasteiger partial charge is 0.274 e. The zero-order chi connectivity index (χ0) is 13.3. The summed E-state index contributed by atoms with van der Waals surface area (Å²) in [4.78, 5) is 10.4. The number of nitro benzene ring substituents is 1. The summed E-state index contributed by atoms with van der Waals surface area (Å²) < 4.78 is 0. The molecule has 0 aromatic heterocycles. The van der Waals surface area contributed by atoms with Crippen molar-refractivity contribution < 1.29 is 10.0 Å². The third-order valence-electron chi connectivity index (χ3n) is 3.55. The van der Waals surface area contributed by atoms with Gasteiger partial charge in [-0.3, -0.25) is 10.1 Å². The maximum Gasteiger partial charge on any atom is 0.274 e. The molecule has 1 aromatic carbocycles. The van der Waals surface area contributed by atoms with Crippen molar-refractivity contribution in [3.05, 3.63) is 38.9 Å². The standard InChI is InChI=1S/C12H15ClN2O3/c13-8-4-5-10(15(17)18)9(6-8)11(14)12(16)7-2-1-3-7/h4-7,11-12,16H,1-3,14H2/t11-,12+/m0/s1. The van der Waals surface area contributed by atoms with Gasteiger partial charge in [-0.1, -0.05) is 18.0 Å². The number of hydrogen-bond acceptors (Lipinski definition) is 4. The monoisotopic (exact) mass is 270 g/mol. The van der Waals surface area contributed by atoms with Gasteiger partial charge in [-0.2, -0.15) is 0 Å². The third-order valence-corrected chi connectivity index (χ3v) is 3.78. The topological polar surface area (TPSA) is 89.4 Å². The largest absolute Gasteiger partial charge is 0.391 e. The van der Waals surface area contributed by atoms with Gasteiger partial charge in [0.2, 0.25) is 0 Å². The van der Waals surface area contributed by atoms with E-state index < -0.39 is 17.1 Å². The van der Waals surface area contributed by atoms with E-state index in [9.17, 15) is 15.2 Å². The summed E-state index contributed by atoms with van der Waals surface area (Å²) in [6, 6.07) is 3.47. The van der Waals surface area contributed by atoms with Gasteiger partial charge in [0.25, 0.3) is 5.69 Å². The number of hydrogen-bond donors (Lipinski definition) is 2. The number of aliphatic hydroxyl groups excluding tert-OH is 1. The second kappa shape index (κ2) is 5.22. The average Bonchev–Trinajstić information content (AvgIpc) is 2.25.